The zero-order chi connectivity index (χ0) is 8.69. The van der Waals surface area contributed by atoms with E-state index in [1.54, 1.807) is 0 Å². The second-order valence-corrected chi connectivity index (χ2v) is 3.16. The molecule has 0 aromatic rings. The average molecular weight is 159 g/mol. The van der Waals surface area contributed by atoms with Crippen LogP contribution in [0.5, 0.6) is 0 Å². The van der Waals surface area contributed by atoms with Crippen molar-refractivity contribution in [3.8, 4) is 0 Å². The van der Waals surface area contributed by atoms with Crippen LogP contribution in [0.4, 0.5) is 0 Å². The lowest BCUT2D eigenvalue weighted by molar-refractivity contribution is 0.163. The van der Waals surface area contributed by atoms with Gasteiger partial charge in [-0.1, -0.05) is 20.3 Å². The van der Waals surface area contributed by atoms with Crippen molar-refractivity contribution in [2.75, 3.05) is 6.54 Å². The molecule has 0 amide bonds. The normalized spacial score (nSPS) is 16.4. The maximum absolute atomic E-state index is 9.21. The first kappa shape index (κ1) is 10.9. The van der Waals surface area contributed by atoms with Crippen LogP contribution >= 0.6 is 0 Å². The quantitative estimate of drug-likeness (QED) is 0.616. The highest BCUT2D eigenvalue weighted by atomic mass is 16.3. The van der Waals surface area contributed by atoms with Crippen molar-refractivity contribution in [2.24, 2.45) is 0 Å². The zero-order valence-electron chi connectivity index (χ0n) is 7.93. The molecule has 0 bridgehead atoms. The summed E-state index contributed by atoms with van der Waals surface area (Å²) in [4.78, 5) is 0. The summed E-state index contributed by atoms with van der Waals surface area (Å²) in [6.45, 7) is 7.06. The van der Waals surface area contributed by atoms with Crippen LogP contribution in [0.3, 0.4) is 0 Å². The van der Waals surface area contributed by atoms with Crippen LogP contribution in [-0.4, -0.2) is 23.8 Å². The van der Waals surface area contributed by atoms with E-state index in [4.69, 9.17) is 0 Å². The van der Waals surface area contributed by atoms with Gasteiger partial charge < -0.3 is 10.4 Å². The van der Waals surface area contributed by atoms with Gasteiger partial charge in [-0.05, 0) is 19.8 Å². The molecule has 2 atom stereocenters. The van der Waals surface area contributed by atoms with Crippen molar-refractivity contribution in [3.63, 3.8) is 0 Å². The fourth-order valence-corrected chi connectivity index (χ4v) is 1.02. The second-order valence-electron chi connectivity index (χ2n) is 3.16. The fraction of sp³-hybridized carbons (Fsp3) is 1.00. The molecule has 0 aliphatic heterocycles. The number of aliphatic hydroxyl groups excluding tert-OH is 1. The minimum atomic E-state index is -0.172. The predicted octanol–water partition coefficient (Wildman–Crippen LogP) is 1.54. The molecule has 2 unspecified atom stereocenters. The molecule has 0 aromatic heterocycles. The number of aliphatic hydroxyl groups is 1. The van der Waals surface area contributed by atoms with Crippen molar-refractivity contribution in [3.05, 3.63) is 0 Å². The lowest BCUT2D eigenvalue weighted by Crippen LogP contribution is -2.33. The Morgan fingerprint density at radius 2 is 2.00 bits per heavy atom. The van der Waals surface area contributed by atoms with E-state index in [-0.39, 0.29) is 6.10 Å². The highest BCUT2D eigenvalue weighted by Crippen LogP contribution is 1.95. The maximum Gasteiger partial charge on any atom is 0.0662 e. The van der Waals surface area contributed by atoms with Gasteiger partial charge in [0.25, 0.3) is 0 Å². The monoisotopic (exact) mass is 159 g/mol. The zero-order valence-corrected chi connectivity index (χ0v) is 7.93. The van der Waals surface area contributed by atoms with Gasteiger partial charge in [-0.3, -0.25) is 0 Å². The standard InChI is InChI=1S/C9H21NO/c1-4-6-8(3)10-7-9(11)5-2/h8-11H,4-7H2,1-3H3. The maximum atomic E-state index is 9.21. The van der Waals surface area contributed by atoms with Gasteiger partial charge in [-0.25, -0.2) is 0 Å². The molecule has 0 aliphatic carbocycles. The Morgan fingerprint density at radius 3 is 2.45 bits per heavy atom. The van der Waals surface area contributed by atoms with E-state index in [2.05, 4.69) is 19.2 Å². The molecule has 0 fully saturated rings. The van der Waals surface area contributed by atoms with Crippen LogP contribution in [0.15, 0.2) is 0 Å². The number of rotatable bonds is 6. The Bertz CT molecular complexity index is 85.6. The van der Waals surface area contributed by atoms with Crippen LogP contribution in [0.2, 0.25) is 0 Å². The Balaban J connectivity index is 3.22. The molecule has 0 aromatic carbocycles. The van der Waals surface area contributed by atoms with E-state index in [1.165, 1.54) is 12.8 Å². The van der Waals surface area contributed by atoms with Crippen LogP contribution in [0.1, 0.15) is 40.0 Å². The summed E-state index contributed by atoms with van der Waals surface area (Å²) in [6, 6.07) is 0.543. The molecular formula is C9H21NO. The van der Waals surface area contributed by atoms with E-state index in [0.717, 1.165) is 13.0 Å². The van der Waals surface area contributed by atoms with Gasteiger partial charge in [0.2, 0.25) is 0 Å². The van der Waals surface area contributed by atoms with E-state index in [9.17, 15) is 5.11 Å². The predicted molar refractivity (Wildman–Crippen MR) is 48.7 cm³/mol. The molecule has 0 spiro atoms. The van der Waals surface area contributed by atoms with Crippen molar-refractivity contribution < 1.29 is 5.11 Å². The molecule has 0 rings (SSSR count). The molecule has 0 radical (unpaired) electrons. The van der Waals surface area contributed by atoms with Gasteiger partial charge in [-0.2, -0.15) is 0 Å². The molecule has 0 saturated heterocycles. The first-order valence-corrected chi connectivity index (χ1v) is 4.62. The van der Waals surface area contributed by atoms with Crippen molar-refractivity contribution >= 4 is 0 Å². The minimum Gasteiger partial charge on any atom is -0.392 e. The number of nitrogens with one attached hydrogen (secondary N) is 1. The summed E-state index contributed by atoms with van der Waals surface area (Å²) in [5.41, 5.74) is 0. The second kappa shape index (κ2) is 6.62. The summed E-state index contributed by atoms with van der Waals surface area (Å²) in [6.07, 6.45) is 3.06. The molecule has 11 heavy (non-hydrogen) atoms. The van der Waals surface area contributed by atoms with Crippen molar-refractivity contribution in [1.82, 2.24) is 5.32 Å². The molecule has 68 valence electrons. The summed E-state index contributed by atoms with van der Waals surface area (Å²) < 4.78 is 0. The Labute approximate surface area is 70.0 Å². The van der Waals surface area contributed by atoms with Crippen LogP contribution in [0.25, 0.3) is 0 Å². The highest BCUT2D eigenvalue weighted by Gasteiger charge is 2.03. The largest absolute Gasteiger partial charge is 0.392 e. The average Bonchev–Trinajstić information content (AvgIpc) is 2.01. The van der Waals surface area contributed by atoms with Gasteiger partial charge in [0.15, 0.2) is 0 Å². The summed E-state index contributed by atoms with van der Waals surface area (Å²) >= 11 is 0. The van der Waals surface area contributed by atoms with E-state index in [1.807, 2.05) is 6.92 Å². The lowest BCUT2D eigenvalue weighted by atomic mass is 10.2. The van der Waals surface area contributed by atoms with Gasteiger partial charge in [0.1, 0.15) is 0 Å². The van der Waals surface area contributed by atoms with E-state index in [0.29, 0.717) is 6.04 Å². The third kappa shape index (κ3) is 6.32. The summed E-state index contributed by atoms with van der Waals surface area (Å²) in [5, 5.41) is 12.5. The molecule has 0 saturated carbocycles. The van der Waals surface area contributed by atoms with Crippen molar-refractivity contribution in [1.29, 1.82) is 0 Å². The van der Waals surface area contributed by atoms with Crippen LogP contribution < -0.4 is 5.32 Å². The topological polar surface area (TPSA) is 32.3 Å². The van der Waals surface area contributed by atoms with E-state index < -0.39 is 0 Å². The molecule has 0 heterocycles. The van der Waals surface area contributed by atoms with Gasteiger partial charge >= 0.3 is 0 Å². The van der Waals surface area contributed by atoms with Crippen LogP contribution in [0, 0.1) is 0 Å². The fourth-order valence-electron chi connectivity index (χ4n) is 1.02. The van der Waals surface area contributed by atoms with Gasteiger partial charge in [0.05, 0.1) is 6.10 Å². The third-order valence-electron chi connectivity index (χ3n) is 1.89. The highest BCUT2D eigenvalue weighted by molar-refractivity contribution is 4.63. The lowest BCUT2D eigenvalue weighted by Gasteiger charge is -2.14. The molecule has 2 heteroatoms. The Hall–Kier alpha value is -0.0800. The molecule has 2 N–H and O–H groups in total. The Morgan fingerprint density at radius 1 is 1.36 bits per heavy atom. The van der Waals surface area contributed by atoms with Crippen LogP contribution in [-0.2, 0) is 0 Å². The molecule has 2 nitrogen and oxygen atoms in total. The summed E-state index contributed by atoms with van der Waals surface area (Å²) in [7, 11) is 0. The SMILES string of the molecule is CCCC(C)NCC(O)CC. The Kier molecular flexibility index (Phi) is 6.57. The first-order chi connectivity index (χ1) is 5.20. The first-order valence-electron chi connectivity index (χ1n) is 4.62. The van der Waals surface area contributed by atoms with E-state index >= 15 is 0 Å². The van der Waals surface area contributed by atoms with Gasteiger partial charge in [0, 0.05) is 12.6 Å². The molecule has 0 aliphatic rings. The number of hydrogen-bond acceptors (Lipinski definition) is 2. The molecular weight excluding hydrogens is 138 g/mol. The third-order valence-corrected chi connectivity index (χ3v) is 1.89. The van der Waals surface area contributed by atoms with Gasteiger partial charge in [-0.15, -0.1) is 0 Å². The summed E-state index contributed by atoms with van der Waals surface area (Å²) in [5.74, 6) is 0. The minimum absolute atomic E-state index is 0.172. The van der Waals surface area contributed by atoms with Crippen molar-refractivity contribution in [2.45, 2.75) is 52.2 Å². The number of hydrogen-bond donors (Lipinski definition) is 2. The smallest absolute Gasteiger partial charge is 0.0662 e.